The molecule has 2 fully saturated rings. The number of carbonyl (C=O) groups excluding carboxylic acids is 1. The highest BCUT2D eigenvalue weighted by Crippen LogP contribution is 2.43. The molecule has 1 saturated heterocycles. The second-order valence-corrected chi connectivity index (χ2v) is 6.08. The molecule has 2 aliphatic rings. The van der Waals surface area contributed by atoms with Gasteiger partial charge in [0.05, 0.1) is 10.7 Å². The Bertz CT molecular complexity index is 447. The number of nitrogens with zero attached hydrogens (tertiary/aromatic N) is 2. The van der Waals surface area contributed by atoms with E-state index < -0.39 is 0 Å². The van der Waals surface area contributed by atoms with E-state index in [0.717, 1.165) is 48.2 Å². The summed E-state index contributed by atoms with van der Waals surface area (Å²) in [7, 11) is 0. The Balaban J connectivity index is 1.85. The molecule has 1 N–H and O–H groups in total. The number of thiazole rings is 1. The Hall–Kier alpha value is -0.940. The summed E-state index contributed by atoms with van der Waals surface area (Å²) in [5.74, 6) is 0.763. The van der Waals surface area contributed by atoms with Crippen molar-refractivity contribution in [1.29, 1.82) is 0 Å². The second-order valence-electron chi connectivity index (χ2n) is 4.99. The lowest BCUT2D eigenvalue weighted by Gasteiger charge is -2.27. The Kier molecular flexibility index (Phi) is 3.35. The quantitative estimate of drug-likeness (QED) is 0.903. The zero-order valence-corrected chi connectivity index (χ0v) is 11.6. The minimum Gasteiger partial charge on any atom is -0.335 e. The highest BCUT2D eigenvalue weighted by Gasteiger charge is 2.33. The fourth-order valence-electron chi connectivity index (χ4n) is 2.33. The van der Waals surface area contributed by atoms with Crippen LogP contribution in [0, 0.1) is 0 Å². The van der Waals surface area contributed by atoms with Crippen LogP contribution in [-0.4, -0.2) is 42.0 Å². The summed E-state index contributed by atoms with van der Waals surface area (Å²) in [6, 6.07) is 0. The van der Waals surface area contributed by atoms with Crippen LogP contribution in [0.5, 0.6) is 0 Å². The van der Waals surface area contributed by atoms with E-state index in [2.05, 4.69) is 17.2 Å². The number of nitrogens with one attached hydrogen (secondary N) is 1. The SMILES string of the molecule is CCc1nc(C2CC2)c(C(=O)N2CCNCC2)s1. The molecule has 2 heterocycles. The van der Waals surface area contributed by atoms with Gasteiger partial charge in [0.25, 0.3) is 5.91 Å². The molecule has 0 bridgehead atoms. The summed E-state index contributed by atoms with van der Waals surface area (Å²) in [6.07, 6.45) is 3.34. The smallest absolute Gasteiger partial charge is 0.265 e. The average Bonchev–Trinajstić information content (AvgIpc) is 3.18. The molecule has 1 aromatic heterocycles. The van der Waals surface area contributed by atoms with Crippen LogP contribution in [0.25, 0.3) is 0 Å². The lowest BCUT2D eigenvalue weighted by atomic mass is 10.2. The molecule has 1 amide bonds. The lowest BCUT2D eigenvalue weighted by molar-refractivity contribution is 0.0739. The van der Waals surface area contributed by atoms with Crippen molar-refractivity contribution in [2.24, 2.45) is 0 Å². The number of hydrogen-bond acceptors (Lipinski definition) is 4. The number of hydrogen-bond donors (Lipinski definition) is 1. The standard InChI is InChI=1S/C13H19N3OS/c1-2-10-15-11(9-3-4-9)12(18-10)13(17)16-7-5-14-6-8-16/h9,14H,2-8H2,1H3. The van der Waals surface area contributed by atoms with Gasteiger partial charge in [-0.25, -0.2) is 4.98 Å². The number of aromatic nitrogens is 1. The molecule has 0 atom stereocenters. The first-order chi connectivity index (χ1) is 8.79. The van der Waals surface area contributed by atoms with E-state index in [1.54, 1.807) is 11.3 Å². The topological polar surface area (TPSA) is 45.2 Å². The second kappa shape index (κ2) is 4.97. The van der Waals surface area contributed by atoms with E-state index in [-0.39, 0.29) is 5.91 Å². The largest absolute Gasteiger partial charge is 0.335 e. The van der Waals surface area contributed by atoms with E-state index in [4.69, 9.17) is 0 Å². The van der Waals surface area contributed by atoms with Gasteiger partial charge in [0, 0.05) is 32.1 Å². The highest BCUT2D eigenvalue weighted by atomic mass is 32.1. The van der Waals surface area contributed by atoms with Gasteiger partial charge in [0.15, 0.2) is 0 Å². The molecule has 98 valence electrons. The van der Waals surface area contributed by atoms with Gasteiger partial charge < -0.3 is 10.2 Å². The fraction of sp³-hybridized carbons (Fsp3) is 0.692. The molecule has 5 heteroatoms. The van der Waals surface area contributed by atoms with Crippen LogP contribution in [0.2, 0.25) is 0 Å². The average molecular weight is 265 g/mol. The molecular formula is C13H19N3OS. The summed E-state index contributed by atoms with van der Waals surface area (Å²) in [5, 5.41) is 4.39. The minimum absolute atomic E-state index is 0.204. The van der Waals surface area contributed by atoms with Crippen molar-refractivity contribution < 1.29 is 4.79 Å². The lowest BCUT2D eigenvalue weighted by Crippen LogP contribution is -2.46. The molecule has 0 spiro atoms. The van der Waals surface area contributed by atoms with E-state index in [0.29, 0.717) is 5.92 Å². The molecule has 0 unspecified atom stereocenters. The Morgan fingerprint density at radius 2 is 2.17 bits per heavy atom. The first-order valence-electron chi connectivity index (χ1n) is 6.79. The van der Waals surface area contributed by atoms with Crippen molar-refractivity contribution in [3.63, 3.8) is 0 Å². The van der Waals surface area contributed by atoms with Gasteiger partial charge >= 0.3 is 0 Å². The van der Waals surface area contributed by atoms with Crippen molar-refractivity contribution >= 4 is 17.2 Å². The van der Waals surface area contributed by atoms with Crippen LogP contribution in [0.4, 0.5) is 0 Å². The van der Waals surface area contributed by atoms with E-state index in [1.165, 1.54) is 12.8 Å². The van der Waals surface area contributed by atoms with Crippen molar-refractivity contribution in [3.8, 4) is 0 Å². The van der Waals surface area contributed by atoms with Gasteiger partial charge in [-0.1, -0.05) is 6.92 Å². The van der Waals surface area contributed by atoms with Crippen LogP contribution < -0.4 is 5.32 Å². The third kappa shape index (κ3) is 2.29. The molecule has 0 aromatic carbocycles. The Labute approximate surface area is 111 Å². The summed E-state index contributed by atoms with van der Waals surface area (Å²) >= 11 is 1.61. The van der Waals surface area contributed by atoms with Crippen molar-refractivity contribution in [3.05, 3.63) is 15.6 Å². The number of amides is 1. The normalized spacial score (nSPS) is 20.2. The van der Waals surface area contributed by atoms with Crippen molar-refractivity contribution in [2.75, 3.05) is 26.2 Å². The third-order valence-electron chi connectivity index (χ3n) is 3.56. The van der Waals surface area contributed by atoms with Crippen LogP contribution in [0.1, 0.15) is 46.1 Å². The number of piperazine rings is 1. The van der Waals surface area contributed by atoms with Gasteiger partial charge in [0.1, 0.15) is 4.88 Å². The van der Waals surface area contributed by atoms with Gasteiger partial charge in [-0.15, -0.1) is 11.3 Å². The van der Waals surface area contributed by atoms with E-state index in [1.807, 2.05) is 4.90 Å². The Morgan fingerprint density at radius 3 is 2.78 bits per heavy atom. The highest BCUT2D eigenvalue weighted by molar-refractivity contribution is 7.13. The van der Waals surface area contributed by atoms with Gasteiger partial charge in [-0.3, -0.25) is 4.79 Å². The Morgan fingerprint density at radius 1 is 1.44 bits per heavy atom. The summed E-state index contributed by atoms with van der Waals surface area (Å²) in [6.45, 7) is 5.56. The zero-order chi connectivity index (χ0) is 12.5. The molecule has 1 aliphatic heterocycles. The van der Waals surface area contributed by atoms with Crippen LogP contribution in [0.15, 0.2) is 0 Å². The maximum Gasteiger partial charge on any atom is 0.265 e. The van der Waals surface area contributed by atoms with Gasteiger partial charge in [0.2, 0.25) is 0 Å². The van der Waals surface area contributed by atoms with Crippen molar-refractivity contribution in [2.45, 2.75) is 32.1 Å². The van der Waals surface area contributed by atoms with E-state index >= 15 is 0 Å². The molecule has 1 aromatic rings. The van der Waals surface area contributed by atoms with Crippen LogP contribution in [0.3, 0.4) is 0 Å². The molecular weight excluding hydrogens is 246 g/mol. The zero-order valence-electron chi connectivity index (χ0n) is 10.7. The fourth-order valence-corrected chi connectivity index (χ4v) is 3.38. The predicted molar refractivity (Wildman–Crippen MR) is 72.2 cm³/mol. The molecule has 1 saturated carbocycles. The molecule has 18 heavy (non-hydrogen) atoms. The molecule has 0 radical (unpaired) electrons. The first-order valence-corrected chi connectivity index (χ1v) is 7.61. The number of rotatable bonds is 3. The maximum absolute atomic E-state index is 12.6. The summed E-state index contributed by atoms with van der Waals surface area (Å²) in [4.78, 5) is 20.1. The predicted octanol–water partition coefficient (Wildman–Crippen LogP) is 1.63. The minimum atomic E-state index is 0.204. The number of aryl methyl sites for hydroxylation is 1. The monoisotopic (exact) mass is 265 g/mol. The summed E-state index contributed by atoms with van der Waals surface area (Å²) < 4.78 is 0. The van der Waals surface area contributed by atoms with Crippen LogP contribution in [-0.2, 0) is 6.42 Å². The molecule has 3 rings (SSSR count). The van der Waals surface area contributed by atoms with Gasteiger partial charge in [-0.2, -0.15) is 0 Å². The third-order valence-corrected chi connectivity index (χ3v) is 4.77. The van der Waals surface area contributed by atoms with Crippen LogP contribution >= 0.6 is 11.3 Å². The van der Waals surface area contributed by atoms with Gasteiger partial charge in [-0.05, 0) is 19.3 Å². The maximum atomic E-state index is 12.6. The molecule has 1 aliphatic carbocycles. The summed E-state index contributed by atoms with van der Waals surface area (Å²) in [5.41, 5.74) is 1.08. The number of carbonyl (C=O) groups is 1. The first kappa shape index (κ1) is 12.1. The molecule has 4 nitrogen and oxygen atoms in total. The van der Waals surface area contributed by atoms with Crippen molar-refractivity contribution in [1.82, 2.24) is 15.2 Å². The van der Waals surface area contributed by atoms with E-state index in [9.17, 15) is 4.79 Å².